The summed E-state index contributed by atoms with van der Waals surface area (Å²) in [5.74, 6) is 0. The van der Waals surface area contributed by atoms with E-state index < -0.39 is 17.8 Å². The van der Waals surface area contributed by atoms with Crippen LogP contribution in [0.5, 0.6) is 0 Å². The highest BCUT2D eigenvalue weighted by atomic mass is 16.6. The second kappa shape index (κ2) is 10.3. The Hall–Kier alpha value is -2.32. The molecule has 2 amide bonds. The fourth-order valence-corrected chi connectivity index (χ4v) is 2.78. The number of piperazine rings is 1. The molecule has 0 saturated carbocycles. The summed E-state index contributed by atoms with van der Waals surface area (Å²) >= 11 is 0. The van der Waals surface area contributed by atoms with E-state index in [1.54, 1.807) is 4.90 Å². The Bertz CT molecular complexity index is 624. The number of benzene rings is 1. The first kappa shape index (κ1) is 22.0. The molecule has 1 aliphatic heterocycles. The molecule has 1 aliphatic rings. The van der Waals surface area contributed by atoms with Crippen LogP contribution in [0, 0.1) is 0 Å². The van der Waals surface area contributed by atoms with E-state index in [1.165, 1.54) is 0 Å². The summed E-state index contributed by atoms with van der Waals surface area (Å²) in [4.78, 5) is 27.5. The van der Waals surface area contributed by atoms with Gasteiger partial charge in [-0.05, 0) is 26.3 Å². The van der Waals surface area contributed by atoms with Crippen LogP contribution in [0.2, 0.25) is 0 Å². The summed E-state index contributed by atoms with van der Waals surface area (Å²) in [5.41, 5.74) is 0.395. The van der Waals surface area contributed by atoms with Crippen molar-refractivity contribution in [2.75, 3.05) is 39.3 Å². The number of carbonyl (C=O) groups is 2. The van der Waals surface area contributed by atoms with E-state index in [4.69, 9.17) is 9.47 Å². The van der Waals surface area contributed by atoms with E-state index >= 15 is 0 Å². The molecule has 8 heteroatoms. The monoisotopic (exact) mass is 393 g/mol. The predicted octanol–water partition coefficient (Wildman–Crippen LogP) is 1.83. The zero-order valence-corrected chi connectivity index (χ0v) is 16.9. The Morgan fingerprint density at radius 2 is 1.79 bits per heavy atom. The lowest BCUT2D eigenvalue weighted by molar-refractivity contribution is 0.0101. The van der Waals surface area contributed by atoms with Gasteiger partial charge in [-0.3, -0.25) is 4.90 Å². The van der Waals surface area contributed by atoms with Gasteiger partial charge in [0.2, 0.25) is 0 Å². The predicted molar refractivity (Wildman–Crippen MR) is 105 cm³/mol. The summed E-state index contributed by atoms with van der Waals surface area (Å²) in [6.07, 6.45) is -1.58. The minimum atomic E-state index is -0.711. The van der Waals surface area contributed by atoms with Gasteiger partial charge in [0, 0.05) is 39.3 Å². The molecule has 1 aromatic rings. The SMILES string of the molecule is CC(C)(C)OC(=O)N1CCN(C[C@@H](O)CNC(=O)OCc2ccccc2)CC1. The third kappa shape index (κ3) is 8.14. The lowest BCUT2D eigenvalue weighted by atomic mass is 10.2. The minimum absolute atomic E-state index is 0.111. The molecule has 156 valence electrons. The highest BCUT2D eigenvalue weighted by Gasteiger charge is 2.26. The smallest absolute Gasteiger partial charge is 0.410 e. The molecule has 0 spiro atoms. The molecule has 0 radical (unpaired) electrons. The number of hydrogen-bond donors (Lipinski definition) is 2. The van der Waals surface area contributed by atoms with E-state index in [9.17, 15) is 14.7 Å². The Kier molecular flexibility index (Phi) is 8.07. The Labute approximate surface area is 166 Å². The van der Waals surface area contributed by atoms with Gasteiger partial charge in [-0.15, -0.1) is 0 Å². The third-order valence-electron chi connectivity index (χ3n) is 4.19. The highest BCUT2D eigenvalue weighted by Crippen LogP contribution is 2.12. The fraction of sp³-hybridized carbons (Fsp3) is 0.600. The number of ether oxygens (including phenoxy) is 2. The molecule has 0 aromatic heterocycles. The first-order valence-electron chi connectivity index (χ1n) is 9.56. The lowest BCUT2D eigenvalue weighted by Crippen LogP contribution is -2.52. The van der Waals surface area contributed by atoms with Crippen LogP contribution in [-0.2, 0) is 16.1 Å². The van der Waals surface area contributed by atoms with E-state index in [2.05, 4.69) is 10.2 Å². The summed E-state index contributed by atoms with van der Waals surface area (Å²) in [6.45, 7) is 8.64. The number of aliphatic hydroxyl groups is 1. The van der Waals surface area contributed by atoms with Crippen LogP contribution < -0.4 is 5.32 Å². The van der Waals surface area contributed by atoms with Gasteiger partial charge in [-0.25, -0.2) is 9.59 Å². The summed E-state index contributed by atoms with van der Waals surface area (Å²) in [5, 5.41) is 12.7. The van der Waals surface area contributed by atoms with Crippen molar-refractivity contribution in [2.45, 2.75) is 39.1 Å². The van der Waals surface area contributed by atoms with Gasteiger partial charge >= 0.3 is 12.2 Å². The largest absolute Gasteiger partial charge is 0.445 e. The van der Waals surface area contributed by atoms with Crippen LogP contribution in [-0.4, -0.2) is 78.1 Å². The molecule has 1 saturated heterocycles. The highest BCUT2D eigenvalue weighted by molar-refractivity contribution is 5.68. The number of amides is 2. The molecule has 2 N–H and O–H groups in total. The number of β-amino-alcohol motifs (C(OH)–C–C–N with tert-alkyl or cyclic N) is 1. The number of alkyl carbamates (subject to hydrolysis) is 1. The zero-order valence-electron chi connectivity index (χ0n) is 16.9. The molecule has 0 unspecified atom stereocenters. The van der Waals surface area contributed by atoms with E-state index in [0.29, 0.717) is 32.7 Å². The molecule has 1 fully saturated rings. The average Bonchev–Trinajstić information content (AvgIpc) is 2.65. The van der Waals surface area contributed by atoms with Crippen molar-refractivity contribution < 1.29 is 24.2 Å². The topological polar surface area (TPSA) is 91.3 Å². The number of rotatable bonds is 6. The van der Waals surface area contributed by atoms with E-state index in [0.717, 1.165) is 5.56 Å². The number of nitrogens with one attached hydrogen (secondary N) is 1. The molecule has 1 heterocycles. The molecule has 8 nitrogen and oxygen atoms in total. The summed E-state index contributed by atoms with van der Waals surface area (Å²) in [6, 6.07) is 9.40. The molecule has 0 aliphatic carbocycles. The van der Waals surface area contributed by atoms with Gasteiger partial charge in [-0.1, -0.05) is 30.3 Å². The first-order valence-corrected chi connectivity index (χ1v) is 9.56. The quantitative estimate of drug-likeness (QED) is 0.766. The van der Waals surface area contributed by atoms with Crippen LogP contribution in [0.3, 0.4) is 0 Å². The normalized spacial score (nSPS) is 16.4. The van der Waals surface area contributed by atoms with Gasteiger partial charge in [-0.2, -0.15) is 0 Å². The van der Waals surface area contributed by atoms with Crippen molar-refractivity contribution >= 4 is 12.2 Å². The van der Waals surface area contributed by atoms with Crippen molar-refractivity contribution in [1.29, 1.82) is 0 Å². The number of nitrogens with zero attached hydrogens (tertiary/aromatic N) is 2. The Morgan fingerprint density at radius 3 is 2.39 bits per heavy atom. The molecule has 2 rings (SSSR count). The van der Waals surface area contributed by atoms with Crippen LogP contribution in [0.1, 0.15) is 26.3 Å². The van der Waals surface area contributed by atoms with Crippen LogP contribution >= 0.6 is 0 Å². The van der Waals surface area contributed by atoms with Gasteiger partial charge in [0.05, 0.1) is 6.10 Å². The molecule has 1 aromatic carbocycles. The third-order valence-corrected chi connectivity index (χ3v) is 4.19. The molecule has 1 atom stereocenters. The first-order chi connectivity index (χ1) is 13.2. The summed E-state index contributed by atoms with van der Waals surface area (Å²) < 4.78 is 10.5. The van der Waals surface area contributed by atoms with Gasteiger partial charge in [0.1, 0.15) is 12.2 Å². The average molecular weight is 393 g/mol. The van der Waals surface area contributed by atoms with Crippen molar-refractivity contribution in [3.63, 3.8) is 0 Å². The Morgan fingerprint density at radius 1 is 1.14 bits per heavy atom. The number of carbonyl (C=O) groups excluding carboxylic acids is 2. The van der Waals surface area contributed by atoms with E-state index in [1.807, 2.05) is 51.1 Å². The summed E-state index contributed by atoms with van der Waals surface area (Å²) in [7, 11) is 0. The standard InChI is InChI=1S/C20H31N3O5/c1-20(2,3)28-19(26)23-11-9-22(10-12-23)14-17(24)13-21-18(25)27-15-16-7-5-4-6-8-16/h4-8,17,24H,9-15H2,1-3H3,(H,21,25)/t17-/m0/s1. The molecule has 0 bridgehead atoms. The lowest BCUT2D eigenvalue weighted by Gasteiger charge is -2.36. The van der Waals surface area contributed by atoms with E-state index in [-0.39, 0.29) is 19.2 Å². The van der Waals surface area contributed by atoms with Crippen LogP contribution in [0.4, 0.5) is 9.59 Å². The maximum Gasteiger partial charge on any atom is 0.410 e. The van der Waals surface area contributed by atoms with Gasteiger partial charge in [0.15, 0.2) is 0 Å². The maximum atomic E-state index is 12.1. The van der Waals surface area contributed by atoms with Crippen molar-refractivity contribution in [3.8, 4) is 0 Å². The molecular formula is C20H31N3O5. The van der Waals surface area contributed by atoms with Crippen LogP contribution in [0.25, 0.3) is 0 Å². The number of hydrogen-bond acceptors (Lipinski definition) is 6. The maximum absolute atomic E-state index is 12.1. The fourth-order valence-electron chi connectivity index (χ4n) is 2.78. The van der Waals surface area contributed by atoms with Crippen molar-refractivity contribution in [2.24, 2.45) is 0 Å². The van der Waals surface area contributed by atoms with Crippen LogP contribution in [0.15, 0.2) is 30.3 Å². The van der Waals surface area contributed by atoms with Crippen molar-refractivity contribution in [3.05, 3.63) is 35.9 Å². The van der Waals surface area contributed by atoms with Gasteiger partial charge < -0.3 is 24.8 Å². The second-order valence-electron chi connectivity index (χ2n) is 7.86. The number of aliphatic hydroxyl groups excluding tert-OH is 1. The molecular weight excluding hydrogens is 362 g/mol. The van der Waals surface area contributed by atoms with Crippen molar-refractivity contribution in [1.82, 2.24) is 15.1 Å². The zero-order chi connectivity index (χ0) is 20.6. The molecule has 28 heavy (non-hydrogen) atoms. The second-order valence-corrected chi connectivity index (χ2v) is 7.86. The minimum Gasteiger partial charge on any atom is -0.445 e. The Balaban J connectivity index is 1.61. The van der Waals surface area contributed by atoms with Gasteiger partial charge in [0.25, 0.3) is 0 Å².